The summed E-state index contributed by atoms with van der Waals surface area (Å²) in [5.74, 6) is -0.287. The molecule has 0 saturated carbocycles. The summed E-state index contributed by atoms with van der Waals surface area (Å²) >= 11 is 0. The first-order chi connectivity index (χ1) is 9.74. The number of nitrogens with two attached hydrogens (primary N) is 1. The van der Waals surface area contributed by atoms with Gasteiger partial charge in [-0.2, -0.15) is 0 Å². The van der Waals surface area contributed by atoms with Gasteiger partial charge >= 0.3 is 0 Å². The lowest BCUT2D eigenvalue weighted by molar-refractivity contribution is -0.125. The lowest BCUT2D eigenvalue weighted by Crippen LogP contribution is -2.58. The molecule has 5 nitrogen and oxygen atoms in total. The predicted molar refractivity (Wildman–Crippen MR) is 86.2 cm³/mol. The van der Waals surface area contributed by atoms with Crippen LogP contribution in [0, 0.1) is 0 Å². The fraction of sp³-hybridized carbons (Fsp3) is 0.938. The van der Waals surface area contributed by atoms with E-state index in [-0.39, 0.29) is 18.0 Å². The summed E-state index contributed by atoms with van der Waals surface area (Å²) in [6, 6.07) is 0.487. The molecular weight excluding hydrogens is 266 g/mol. The molecule has 1 saturated heterocycles. The monoisotopic (exact) mass is 299 g/mol. The van der Waals surface area contributed by atoms with Gasteiger partial charge in [-0.05, 0) is 60.4 Å². The quantitative estimate of drug-likeness (QED) is 0.713. The van der Waals surface area contributed by atoms with Crippen LogP contribution in [-0.4, -0.2) is 54.7 Å². The van der Waals surface area contributed by atoms with Crippen molar-refractivity contribution >= 4 is 5.91 Å². The highest BCUT2D eigenvalue weighted by Gasteiger charge is 2.34. The summed E-state index contributed by atoms with van der Waals surface area (Å²) in [5, 5.41) is 3.31. The molecule has 1 aliphatic rings. The van der Waals surface area contributed by atoms with Crippen LogP contribution in [0.25, 0.3) is 0 Å². The van der Waals surface area contributed by atoms with Gasteiger partial charge in [0.15, 0.2) is 0 Å². The van der Waals surface area contributed by atoms with E-state index in [1.807, 2.05) is 20.8 Å². The Morgan fingerprint density at radius 3 is 2.57 bits per heavy atom. The highest BCUT2D eigenvalue weighted by Crippen LogP contribution is 2.19. The topological polar surface area (TPSA) is 67.6 Å². The first-order valence-electron chi connectivity index (χ1n) is 8.14. The Balaban J connectivity index is 2.55. The molecule has 1 heterocycles. The van der Waals surface area contributed by atoms with Crippen molar-refractivity contribution in [3.8, 4) is 0 Å². The van der Waals surface area contributed by atoms with Crippen LogP contribution in [0.15, 0.2) is 0 Å². The number of ether oxygens (including phenoxy) is 1. The Morgan fingerprint density at radius 2 is 2.10 bits per heavy atom. The first kappa shape index (κ1) is 18.4. The Labute approximate surface area is 129 Å². The predicted octanol–water partition coefficient (Wildman–Crippen LogP) is 1.51. The third-order valence-corrected chi connectivity index (χ3v) is 4.37. The highest BCUT2D eigenvalue weighted by molar-refractivity contribution is 5.84. The standard InChI is InChI=1S/C16H33N3O2/c1-12(2)18-16(4,15(17)20)10-13(3)19(5)11-14-8-6-7-9-21-14/h12-14,18H,6-11H2,1-5H3,(H2,17,20). The summed E-state index contributed by atoms with van der Waals surface area (Å²) < 4.78 is 5.79. The van der Waals surface area contributed by atoms with Crippen molar-refractivity contribution in [2.24, 2.45) is 5.73 Å². The average Bonchev–Trinajstić information content (AvgIpc) is 2.38. The average molecular weight is 299 g/mol. The second-order valence-electron chi connectivity index (χ2n) is 6.98. The molecule has 5 heteroatoms. The molecule has 21 heavy (non-hydrogen) atoms. The molecule has 0 radical (unpaired) electrons. The smallest absolute Gasteiger partial charge is 0.237 e. The second kappa shape index (κ2) is 8.11. The SMILES string of the molecule is CC(C)NC(C)(CC(C)N(C)CC1CCCCO1)C(N)=O. The van der Waals surface area contributed by atoms with E-state index in [9.17, 15) is 4.79 Å². The Hall–Kier alpha value is -0.650. The molecule has 124 valence electrons. The number of nitrogens with one attached hydrogen (secondary N) is 1. The maximum atomic E-state index is 11.8. The molecule has 0 aromatic heterocycles. The summed E-state index contributed by atoms with van der Waals surface area (Å²) in [6.07, 6.45) is 4.58. The van der Waals surface area contributed by atoms with Crippen LogP contribution >= 0.6 is 0 Å². The molecule has 1 rings (SSSR count). The third-order valence-electron chi connectivity index (χ3n) is 4.37. The zero-order valence-electron chi connectivity index (χ0n) is 14.3. The summed E-state index contributed by atoms with van der Waals surface area (Å²) in [7, 11) is 2.10. The lowest BCUT2D eigenvalue weighted by atomic mass is 9.91. The van der Waals surface area contributed by atoms with E-state index in [1.54, 1.807) is 0 Å². The van der Waals surface area contributed by atoms with E-state index < -0.39 is 5.54 Å². The Kier molecular flexibility index (Phi) is 7.10. The number of primary amides is 1. The molecule has 0 aliphatic carbocycles. The van der Waals surface area contributed by atoms with Crippen molar-refractivity contribution in [1.29, 1.82) is 0 Å². The van der Waals surface area contributed by atoms with Crippen LogP contribution in [0.1, 0.15) is 53.4 Å². The number of carbonyl (C=O) groups excluding carboxylic acids is 1. The number of hydrogen-bond donors (Lipinski definition) is 2. The molecule has 0 aromatic rings. The van der Waals surface area contributed by atoms with E-state index in [0.717, 1.165) is 19.6 Å². The first-order valence-corrected chi connectivity index (χ1v) is 8.14. The van der Waals surface area contributed by atoms with Crippen LogP contribution in [-0.2, 0) is 9.53 Å². The molecule has 1 aliphatic heterocycles. The second-order valence-corrected chi connectivity index (χ2v) is 6.98. The van der Waals surface area contributed by atoms with Crippen LogP contribution in [0.4, 0.5) is 0 Å². The normalized spacial score (nSPS) is 24.0. The van der Waals surface area contributed by atoms with Crippen LogP contribution in [0.3, 0.4) is 0 Å². The largest absolute Gasteiger partial charge is 0.377 e. The van der Waals surface area contributed by atoms with Gasteiger partial charge in [0.2, 0.25) is 5.91 Å². The van der Waals surface area contributed by atoms with Gasteiger partial charge in [0.25, 0.3) is 0 Å². The van der Waals surface area contributed by atoms with Crippen LogP contribution in [0.2, 0.25) is 0 Å². The summed E-state index contributed by atoms with van der Waals surface area (Å²) in [4.78, 5) is 14.1. The lowest BCUT2D eigenvalue weighted by Gasteiger charge is -2.37. The van der Waals surface area contributed by atoms with E-state index >= 15 is 0 Å². The van der Waals surface area contributed by atoms with Crippen molar-refractivity contribution < 1.29 is 9.53 Å². The maximum Gasteiger partial charge on any atom is 0.237 e. The molecule has 1 amide bonds. The van der Waals surface area contributed by atoms with Gasteiger partial charge in [0, 0.05) is 25.2 Å². The number of nitrogens with zero attached hydrogens (tertiary/aromatic N) is 1. The zero-order chi connectivity index (χ0) is 16.0. The van der Waals surface area contributed by atoms with Crippen molar-refractivity contribution in [1.82, 2.24) is 10.2 Å². The molecule has 3 atom stereocenters. The van der Waals surface area contributed by atoms with Crippen molar-refractivity contribution in [2.75, 3.05) is 20.2 Å². The van der Waals surface area contributed by atoms with E-state index in [4.69, 9.17) is 10.5 Å². The number of rotatable bonds is 8. The fourth-order valence-electron chi connectivity index (χ4n) is 3.07. The minimum atomic E-state index is -0.671. The van der Waals surface area contributed by atoms with E-state index in [2.05, 4.69) is 24.2 Å². The molecule has 1 fully saturated rings. The van der Waals surface area contributed by atoms with E-state index in [1.165, 1.54) is 12.8 Å². The molecule has 3 N–H and O–H groups in total. The van der Waals surface area contributed by atoms with Gasteiger partial charge in [-0.15, -0.1) is 0 Å². The van der Waals surface area contributed by atoms with Gasteiger partial charge in [0.05, 0.1) is 11.6 Å². The fourth-order valence-corrected chi connectivity index (χ4v) is 3.07. The molecule has 3 unspecified atom stereocenters. The molecule has 0 bridgehead atoms. The third kappa shape index (κ3) is 5.93. The van der Waals surface area contributed by atoms with Crippen LogP contribution in [0.5, 0.6) is 0 Å². The molecule has 0 spiro atoms. The van der Waals surface area contributed by atoms with Crippen molar-refractivity contribution in [2.45, 2.75) is 77.1 Å². The van der Waals surface area contributed by atoms with Crippen molar-refractivity contribution in [3.63, 3.8) is 0 Å². The van der Waals surface area contributed by atoms with Gasteiger partial charge in [-0.1, -0.05) is 0 Å². The highest BCUT2D eigenvalue weighted by atomic mass is 16.5. The number of carbonyl (C=O) groups is 1. The zero-order valence-corrected chi connectivity index (χ0v) is 14.3. The number of amides is 1. The van der Waals surface area contributed by atoms with Gasteiger partial charge in [-0.25, -0.2) is 0 Å². The van der Waals surface area contributed by atoms with Gasteiger partial charge in [-0.3, -0.25) is 4.79 Å². The number of hydrogen-bond acceptors (Lipinski definition) is 4. The minimum Gasteiger partial charge on any atom is -0.377 e. The van der Waals surface area contributed by atoms with Crippen molar-refractivity contribution in [3.05, 3.63) is 0 Å². The summed E-state index contributed by atoms with van der Waals surface area (Å²) in [5.41, 5.74) is 4.94. The minimum absolute atomic E-state index is 0.224. The maximum absolute atomic E-state index is 11.8. The molecule has 0 aromatic carbocycles. The van der Waals surface area contributed by atoms with Gasteiger partial charge < -0.3 is 20.7 Å². The summed E-state index contributed by atoms with van der Waals surface area (Å²) in [6.45, 7) is 9.90. The van der Waals surface area contributed by atoms with Crippen LogP contribution < -0.4 is 11.1 Å². The number of likely N-dealkylation sites (N-methyl/N-ethyl adjacent to an activating group) is 1. The Bertz CT molecular complexity index is 329. The molecular formula is C16H33N3O2. The Morgan fingerprint density at radius 1 is 1.43 bits per heavy atom. The van der Waals surface area contributed by atoms with Gasteiger partial charge in [0.1, 0.15) is 0 Å². The van der Waals surface area contributed by atoms with E-state index in [0.29, 0.717) is 12.5 Å².